The van der Waals surface area contributed by atoms with Gasteiger partial charge in [-0.15, -0.1) is 0 Å². The van der Waals surface area contributed by atoms with Gasteiger partial charge in [0.15, 0.2) is 0 Å². The number of hydrogen-bond acceptors (Lipinski definition) is 6. The van der Waals surface area contributed by atoms with E-state index >= 15 is 0 Å². The predicted octanol–water partition coefficient (Wildman–Crippen LogP) is 4.00. The van der Waals surface area contributed by atoms with E-state index in [-0.39, 0.29) is 17.2 Å². The maximum atomic E-state index is 14.3. The maximum Gasteiger partial charge on any atom is 0.333 e. The van der Waals surface area contributed by atoms with Gasteiger partial charge in [0, 0.05) is 44.8 Å². The highest BCUT2D eigenvalue weighted by molar-refractivity contribution is 6.18. The van der Waals surface area contributed by atoms with Crippen LogP contribution in [0.4, 0.5) is 19.7 Å². The standard InChI is InChI=1S/C29H37FN4O6/c1-5-31(6-2)27(35)24-18-21(23-19-22(30)7-8-25(23)38-4)17-20(3)26(24)34(28(36)32-9-13-39-14-10-32)29(37)33-11-15-40-16-12-33/h7-8,17-19H,5-6,9-16H2,1-4H3. The molecule has 0 bridgehead atoms. The minimum atomic E-state index is -0.521. The number of anilines is 1. The van der Waals surface area contributed by atoms with Gasteiger partial charge >= 0.3 is 12.1 Å². The first-order valence-corrected chi connectivity index (χ1v) is 13.6. The number of aryl methyl sites for hydroxylation is 1. The number of halogens is 1. The molecule has 2 aliphatic heterocycles. The molecule has 40 heavy (non-hydrogen) atoms. The minimum absolute atomic E-state index is 0.174. The fourth-order valence-electron chi connectivity index (χ4n) is 5.05. The maximum absolute atomic E-state index is 14.3. The Morgan fingerprint density at radius 2 is 1.45 bits per heavy atom. The predicted molar refractivity (Wildman–Crippen MR) is 148 cm³/mol. The summed E-state index contributed by atoms with van der Waals surface area (Å²) in [5, 5.41) is 0. The molecule has 0 aromatic heterocycles. The molecular formula is C29H37FN4O6. The zero-order chi connectivity index (χ0) is 28.8. The summed E-state index contributed by atoms with van der Waals surface area (Å²) >= 11 is 0. The molecule has 0 N–H and O–H groups in total. The van der Waals surface area contributed by atoms with Crippen molar-refractivity contribution in [2.45, 2.75) is 20.8 Å². The van der Waals surface area contributed by atoms with E-state index in [1.807, 2.05) is 13.8 Å². The molecule has 2 aromatic carbocycles. The molecule has 0 radical (unpaired) electrons. The number of amides is 5. The highest BCUT2D eigenvalue weighted by Gasteiger charge is 2.37. The Labute approximate surface area is 234 Å². The second-order valence-electron chi connectivity index (χ2n) is 9.61. The van der Waals surface area contributed by atoms with Crippen molar-refractivity contribution in [3.05, 3.63) is 47.3 Å². The molecule has 0 atom stereocenters. The molecule has 4 rings (SSSR count). The van der Waals surface area contributed by atoms with Crippen molar-refractivity contribution in [2.24, 2.45) is 0 Å². The Hall–Kier alpha value is -3.70. The number of methoxy groups -OCH3 is 1. The Bertz CT molecular complexity index is 1210. The number of nitrogens with zero attached hydrogens (tertiary/aromatic N) is 4. The van der Waals surface area contributed by atoms with Gasteiger partial charge < -0.3 is 28.9 Å². The van der Waals surface area contributed by atoms with E-state index in [0.717, 1.165) is 4.90 Å². The van der Waals surface area contributed by atoms with Crippen molar-refractivity contribution in [1.29, 1.82) is 0 Å². The normalized spacial score (nSPS) is 15.5. The van der Waals surface area contributed by atoms with Crippen LogP contribution < -0.4 is 9.64 Å². The Kier molecular flexibility index (Phi) is 9.59. The van der Waals surface area contributed by atoms with E-state index in [4.69, 9.17) is 14.2 Å². The summed E-state index contributed by atoms with van der Waals surface area (Å²) in [7, 11) is 1.49. The molecule has 0 unspecified atom stereocenters. The zero-order valence-electron chi connectivity index (χ0n) is 23.6. The molecule has 2 aromatic rings. The number of urea groups is 2. The van der Waals surface area contributed by atoms with Crippen LogP contribution in [0, 0.1) is 12.7 Å². The molecule has 2 heterocycles. The Morgan fingerprint density at radius 3 is 1.95 bits per heavy atom. The molecule has 2 fully saturated rings. The van der Waals surface area contributed by atoms with Gasteiger partial charge in [-0.05, 0) is 62.2 Å². The SMILES string of the molecule is CCN(CC)C(=O)c1cc(-c2cc(F)ccc2OC)cc(C)c1N(C(=O)N1CCOCC1)C(=O)N1CCOCC1. The van der Waals surface area contributed by atoms with Crippen molar-refractivity contribution in [1.82, 2.24) is 14.7 Å². The van der Waals surface area contributed by atoms with E-state index in [0.29, 0.717) is 88.1 Å². The fraction of sp³-hybridized carbons (Fsp3) is 0.483. The highest BCUT2D eigenvalue weighted by atomic mass is 19.1. The van der Waals surface area contributed by atoms with Crippen LogP contribution in [0.2, 0.25) is 0 Å². The van der Waals surface area contributed by atoms with Crippen molar-refractivity contribution in [3.8, 4) is 16.9 Å². The Balaban J connectivity index is 1.93. The van der Waals surface area contributed by atoms with Crippen LogP contribution in [0.1, 0.15) is 29.8 Å². The van der Waals surface area contributed by atoms with Gasteiger partial charge in [-0.3, -0.25) is 4.79 Å². The lowest BCUT2D eigenvalue weighted by Gasteiger charge is -2.37. The molecule has 5 amide bonds. The first kappa shape index (κ1) is 29.3. The third-order valence-electron chi connectivity index (χ3n) is 7.22. The summed E-state index contributed by atoms with van der Waals surface area (Å²) in [4.78, 5) is 48.0. The number of benzene rings is 2. The number of rotatable bonds is 6. The van der Waals surface area contributed by atoms with Gasteiger partial charge in [0.25, 0.3) is 5.91 Å². The summed E-state index contributed by atoms with van der Waals surface area (Å²) in [5.74, 6) is -0.365. The number of hydrogen-bond donors (Lipinski definition) is 0. The third kappa shape index (κ3) is 6.05. The molecule has 0 saturated carbocycles. The van der Waals surface area contributed by atoms with Crippen LogP contribution in [0.5, 0.6) is 5.75 Å². The van der Waals surface area contributed by atoms with Crippen molar-refractivity contribution < 1.29 is 33.0 Å². The monoisotopic (exact) mass is 556 g/mol. The van der Waals surface area contributed by atoms with Crippen LogP contribution in [-0.2, 0) is 9.47 Å². The smallest absolute Gasteiger partial charge is 0.333 e. The number of ether oxygens (including phenoxy) is 3. The number of imide groups is 1. The van der Waals surface area contributed by atoms with E-state index in [2.05, 4.69) is 0 Å². The van der Waals surface area contributed by atoms with Gasteiger partial charge in [0.1, 0.15) is 11.6 Å². The quantitative estimate of drug-likeness (QED) is 0.534. The van der Waals surface area contributed by atoms with E-state index in [1.54, 1.807) is 33.8 Å². The van der Waals surface area contributed by atoms with Crippen molar-refractivity contribution in [3.63, 3.8) is 0 Å². The molecule has 11 heteroatoms. The second-order valence-corrected chi connectivity index (χ2v) is 9.61. The topological polar surface area (TPSA) is 91.9 Å². The van der Waals surface area contributed by atoms with E-state index in [9.17, 15) is 18.8 Å². The lowest BCUT2D eigenvalue weighted by molar-refractivity contribution is 0.0498. The molecular weight excluding hydrogens is 519 g/mol. The summed E-state index contributed by atoms with van der Waals surface area (Å²) in [6.45, 7) is 9.04. The average molecular weight is 557 g/mol. The van der Waals surface area contributed by atoms with Gasteiger partial charge in [-0.1, -0.05) is 0 Å². The average Bonchev–Trinajstić information content (AvgIpc) is 2.99. The van der Waals surface area contributed by atoms with E-state index in [1.165, 1.54) is 25.3 Å². The largest absolute Gasteiger partial charge is 0.496 e. The summed E-state index contributed by atoms with van der Waals surface area (Å²) in [5.41, 5.74) is 1.89. The lowest BCUT2D eigenvalue weighted by atomic mass is 9.96. The van der Waals surface area contributed by atoms with Crippen LogP contribution in [-0.4, -0.2) is 105 Å². The van der Waals surface area contributed by atoms with Gasteiger partial charge in [0.05, 0.1) is 44.8 Å². The van der Waals surface area contributed by atoms with Crippen LogP contribution in [0.25, 0.3) is 11.1 Å². The summed E-state index contributed by atoms with van der Waals surface area (Å²) in [6.07, 6.45) is 0. The van der Waals surface area contributed by atoms with E-state index < -0.39 is 17.9 Å². The van der Waals surface area contributed by atoms with Crippen molar-refractivity contribution in [2.75, 3.05) is 77.7 Å². The van der Waals surface area contributed by atoms with Crippen LogP contribution in [0.3, 0.4) is 0 Å². The van der Waals surface area contributed by atoms with Crippen molar-refractivity contribution >= 4 is 23.7 Å². The summed E-state index contributed by atoms with van der Waals surface area (Å²) in [6, 6.07) is 6.49. The molecule has 10 nitrogen and oxygen atoms in total. The second kappa shape index (κ2) is 13.1. The minimum Gasteiger partial charge on any atom is -0.496 e. The lowest BCUT2D eigenvalue weighted by Crippen LogP contribution is -2.56. The fourth-order valence-corrected chi connectivity index (χ4v) is 5.05. The number of morpholine rings is 2. The van der Waals surface area contributed by atoms with Gasteiger partial charge in [-0.25, -0.2) is 18.9 Å². The molecule has 0 spiro atoms. The highest BCUT2D eigenvalue weighted by Crippen LogP contribution is 2.37. The first-order chi connectivity index (χ1) is 19.3. The van der Waals surface area contributed by atoms with Crippen LogP contribution in [0.15, 0.2) is 30.3 Å². The third-order valence-corrected chi connectivity index (χ3v) is 7.22. The van der Waals surface area contributed by atoms with Crippen LogP contribution >= 0.6 is 0 Å². The molecule has 2 saturated heterocycles. The van der Waals surface area contributed by atoms with Gasteiger partial charge in [0.2, 0.25) is 0 Å². The number of carbonyl (C=O) groups is 3. The molecule has 2 aliphatic rings. The summed E-state index contributed by atoms with van der Waals surface area (Å²) < 4.78 is 30.7. The zero-order valence-corrected chi connectivity index (χ0v) is 23.6. The first-order valence-electron chi connectivity index (χ1n) is 13.6. The Morgan fingerprint density at radius 1 is 0.900 bits per heavy atom. The molecule has 0 aliphatic carbocycles. The molecule has 216 valence electrons. The van der Waals surface area contributed by atoms with Gasteiger partial charge in [-0.2, -0.15) is 0 Å². The number of carbonyl (C=O) groups excluding carboxylic acids is 3.